The zero-order chi connectivity index (χ0) is 21.5. The number of esters is 1. The monoisotopic (exact) mass is 449 g/mol. The maximum absolute atomic E-state index is 12.4. The average Bonchev–Trinajstić information content (AvgIpc) is 3.04. The second kappa shape index (κ2) is 10.8. The van der Waals surface area contributed by atoms with Crippen molar-refractivity contribution in [1.29, 1.82) is 0 Å². The molecule has 0 radical (unpaired) electrons. The molecule has 1 aliphatic rings. The standard InChI is InChI=1S/C21H27N3O4S2/c1-14-8-9-16-17(10-14)30-21(24(16)11-20(27)28-2)23-19(26)13-29-12-18(25)22-15-6-4-3-5-7-15/h8-10,15H,3-7,11-13H2,1-2H3,(H,22,25). The van der Waals surface area contributed by atoms with E-state index < -0.39 is 5.97 Å². The molecule has 3 rings (SSSR count). The van der Waals surface area contributed by atoms with Crippen molar-refractivity contribution in [2.24, 2.45) is 4.99 Å². The molecule has 2 amide bonds. The van der Waals surface area contributed by atoms with Crippen LogP contribution in [0.4, 0.5) is 0 Å². The number of hydrogen-bond donors (Lipinski definition) is 1. The number of ether oxygens (including phenoxy) is 1. The molecule has 1 saturated carbocycles. The molecule has 0 bridgehead atoms. The van der Waals surface area contributed by atoms with Crippen LogP contribution in [-0.4, -0.2) is 47.0 Å². The Morgan fingerprint density at radius 3 is 2.73 bits per heavy atom. The van der Waals surface area contributed by atoms with Crippen molar-refractivity contribution in [3.63, 3.8) is 0 Å². The lowest BCUT2D eigenvalue weighted by atomic mass is 9.95. The van der Waals surface area contributed by atoms with Gasteiger partial charge in [-0.25, -0.2) is 0 Å². The van der Waals surface area contributed by atoms with Crippen molar-refractivity contribution in [1.82, 2.24) is 9.88 Å². The molecule has 1 N–H and O–H groups in total. The SMILES string of the molecule is COC(=O)Cn1c(=NC(=O)CSCC(=O)NC2CCCCC2)sc2cc(C)ccc21. The Labute approximate surface area is 183 Å². The van der Waals surface area contributed by atoms with Gasteiger partial charge in [-0.05, 0) is 37.5 Å². The lowest BCUT2D eigenvalue weighted by Gasteiger charge is -2.22. The normalized spacial score (nSPS) is 15.3. The van der Waals surface area contributed by atoms with Crippen LogP contribution in [-0.2, 0) is 25.7 Å². The minimum atomic E-state index is -0.405. The molecule has 1 aromatic carbocycles. The van der Waals surface area contributed by atoms with E-state index >= 15 is 0 Å². The average molecular weight is 450 g/mol. The maximum atomic E-state index is 12.4. The lowest BCUT2D eigenvalue weighted by Crippen LogP contribution is -2.37. The first-order valence-corrected chi connectivity index (χ1v) is 12.0. The molecule has 1 aliphatic carbocycles. The second-order valence-corrected chi connectivity index (χ2v) is 9.41. The Morgan fingerprint density at radius 1 is 1.23 bits per heavy atom. The third kappa shape index (κ3) is 6.18. The molecular formula is C21H27N3O4S2. The van der Waals surface area contributed by atoms with Gasteiger partial charge < -0.3 is 14.6 Å². The fourth-order valence-electron chi connectivity index (χ4n) is 3.50. The van der Waals surface area contributed by atoms with E-state index in [4.69, 9.17) is 4.74 Å². The van der Waals surface area contributed by atoms with Gasteiger partial charge >= 0.3 is 5.97 Å². The highest BCUT2D eigenvalue weighted by Gasteiger charge is 2.16. The van der Waals surface area contributed by atoms with Gasteiger partial charge in [0.25, 0.3) is 5.91 Å². The van der Waals surface area contributed by atoms with Crippen molar-refractivity contribution in [3.05, 3.63) is 28.6 Å². The minimum Gasteiger partial charge on any atom is -0.468 e. The van der Waals surface area contributed by atoms with Gasteiger partial charge in [0, 0.05) is 6.04 Å². The van der Waals surface area contributed by atoms with Gasteiger partial charge in [-0.15, -0.1) is 11.8 Å². The number of hydrogen-bond acceptors (Lipinski definition) is 6. The molecule has 0 aliphatic heterocycles. The number of aromatic nitrogens is 1. The van der Waals surface area contributed by atoms with Gasteiger partial charge in [0.1, 0.15) is 6.54 Å². The Morgan fingerprint density at radius 2 is 2.00 bits per heavy atom. The number of thiazole rings is 1. The number of aryl methyl sites for hydroxylation is 1. The summed E-state index contributed by atoms with van der Waals surface area (Å²) in [4.78, 5) is 41.0. The molecule has 162 valence electrons. The first-order valence-electron chi connectivity index (χ1n) is 10.1. The van der Waals surface area contributed by atoms with Gasteiger partial charge in [0.15, 0.2) is 4.80 Å². The first kappa shape index (κ1) is 22.6. The number of nitrogens with zero attached hydrogens (tertiary/aromatic N) is 2. The number of rotatable bonds is 7. The van der Waals surface area contributed by atoms with Crippen LogP contribution in [0.5, 0.6) is 0 Å². The van der Waals surface area contributed by atoms with Crippen LogP contribution >= 0.6 is 23.1 Å². The van der Waals surface area contributed by atoms with Crippen LogP contribution in [0.2, 0.25) is 0 Å². The van der Waals surface area contributed by atoms with E-state index in [-0.39, 0.29) is 35.9 Å². The predicted octanol–water partition coefficient (Wildman–Crippen LogP) is 2.79. The van der Waals surface area contributed by atoms with Gasteiger partial charge in [0.05, 0.1) is 28.8 Å². The molecule has 0 saturated heterocycles. The summed E-state index contributed by atoms with van der Waals surface area (Å²) >= 11 is 2.62. The number of carbonyl (C=O) groups excluding carboxylic acids is 3. The lowest BCUT2D eigenvalue weighted by molar-refractivity contribution is -0.141. The van der Waals surface area contributed by atoms with Crippen molar-refractivity contribution in [2.75, 3.05) is 18.6 Å². The fourth-order valence-corrected chi connectivity index (χ4v) is 5.25. The molecule has 9 heteroatoms. The summed E-state index contributed by atoms with van der Waals surface area (Å²) in [6.45, 7) is 1.98. The first-order chi connectivity index (χ1) is 14.5. The second-order valence-electron chi connectivity index (χ2n) is 7.42. The number of nitrogens with one attached hydrogen (secondary N) is 1. The number of amides is 2. The van der Waals surface area contributed by atoms with E-state index in [1.165, 1.54) is 36.6 Å². The minimum absolute atomic E-state index is 0.0113. The van der Waals surface area contributed by atoms with Crippen molar-refractivity contribution in [2.45, 2.75) is 51.6 Å². The largest absolute Gasteiger partial charge is 0.468 e. The zero-order valence-electron chi connectivity index (χ0n) is 17.3. The smallest absolute Gasteiger partial charge is 0.325 e. The van der Waals surface area contributed by atoms with E-state index in [1.807, 2.05) is 25.1 Å². The van der Waals surface area contributed by atoms with Crippen molar-refractivity contribution in [3.8, 4) is 0 Å². The summed E-state index contributed by atoms with van der Waals surface area (Å²) in [6.07, 6.45) is 5.64. The molecule has 0 unspecified atom stereocenters. The Bertz CT molecular complexity index is 990. The van der Waals surface area contributed by atoms with Gasteiger partial charge in [-0.2, -0.15) is 4.99 Å². The topological polar surface area (TPSA) is 89.8 Å². The van der Waals surface area contributed by atoms with Gasteiger partial charge in [-0.3, -0.25) is 14.4 Å². The maximum Gasteiger partial charge on any atom is 0.325 e. The Hall–Kier alpha value is -2.13. The zero-order valence-corrected chi connectivity index (χ0v) is 18.9. The molecule has 2 aromatic rings. The third-order valence-electron chi connectivity index (χ3n) is 5.00. The third-order valence-corrected chi connectivity index (χ3v) is 6.96. The summed E-state index contributed by atoms with van der Waals surface area (Å²) in [5.74, 6) is -0.405. The molecular weight excluding hydrogens is 422 g/mol. The molecule has 1 fully saturated rings. The van der Waals surface area contributed by atoms with Crippen LogP contribution in [0.15, 0.2) is 23.2 Å². The predicted molar refractivity (Wildman–Crippen MR) is 119 cm³/mol. The van der Waals surface area contributed by atoms with Crippen molar-refractivity contribution >= 4 is 51.1 Å². The molecule has 1 heterocycles. The highest BCUT2D eigenvalue weighted by atomic mass is 32.2. The van der Waals surface area contributed by atoms with Crippen LogP contribution in [0.25, 0.3) is 10.2 Å². The highest BCUT2D eigenvalue weighted by Crippen LogP contribution is 2.19. The molecule has 30 heavy (non-hydrogen) atoms. The number of methoxy groups -OCH3 is 1. The van der Waals surface area contributed by atoms with Crippen LogP contribution in [0, 0.1) is 6.92 Å². The molecule has 1 aromatic heterocycles. The molecule has 7 nitrogen and oxygen atoms in total. The van der Waals surface area contributed by atoms with Gasteiger partial charge in [-0.1, -0.05) is 36.7 Å². The summed E-state index contributed by atoms with van der Waals surface area (Å²) in [5, 5.41) is 3.05. The van der Waals surface area contributed by atoms with E-state index in [0.717, 1.165) is 41.5 Å². The fraction of sp³-hybridized carbons (Fsp3) is 0.524. The number of carbonyl (C=O) groups is 3. The highest BCUT2D eigenvalue weighted by molar-refractivity contribution is 8.00. The molecule has 0 spiro atoms. The van der Waals surface area contributed by atoms with Crippen molar-refractivity contribution < 1.29 is 19.1 Å². The number of fused-ring (bicyclic) bond motifs is 1. The Balaban J connectivity index is 1.64. The van der Waals surface area contributed by atoms with Crippen LogP contribution in [0.3, 0.4) is 0 Å². The van der Waals surface area contributed by atoms with E-state index in [0.29, 0.717) is 4.80 Å². The van der Waals surface area contributed by atoms with E-state index in [1.54, 1.807) is 4.57 Å². The summed E-state index contributed by atoms with van der Waals surface area (Å²) in [5.41, 5.74) is 1.92. The van der Waals surface area contributed by atoms with E-state index in [2.05, 4.69) is 10.3 Å². The summed E-state index contributed by atoms with van der Waals surface area (Å²) in [6, 6.07) is 6.14. The molecule has 0 atom stereocenters. The van der Waals surface area contributed by atoms with E-state index in [9.17, 15) is 14.4 Å². The Kier molecular flexibility index (Phi) is 8.09. The quantitative estimate of drug-likeness (QED) is 0.657. The summed E-state index contributed by atoms with van der Waals surface area (Å²) in [7, 11) is 1.33. The van der Waals surface area contributed by atoms with Crippen LogP contribution < -0.4 is 10.1 Å². The summed E-state index contributed by atoms with van der Waals surface area (Å²) < 4.78 is 7.43. The number of thioether (sulfide) groups is 1. The van der Waals surface area contributed by atoms with Crippen LogP contribution in [0.1, 0.15) is 37.7 Å². The van der Waals surface area contributed by atoms with Gasteiger partial charge in [0.2, 0.25) is 5.91 Å². The number of benzene rings is 1.